The molecule has 3 N–H and O–H groups in total. The minimum Gasteiger partial charge on any atom is -0.481 e. The van der Waals surface area contributed by atoms with Crippen molar-refractivity contribution < 1.29 is 9.90 Å². The smallest absolute Gasteiger partial charge is 0.311 e. The van der Waals surface area contributed by atoms with Crippen molar-refractivity contribution in [2.75, 3.05) is 0 Å². The SMILES string of the molecule is Cl.NC1CC(C(=O)O)c2ccccc21. The largest absolute Gasteiger partial charge is 0.481 e. The molecule has 3 nitrogen and oxygen atoms in total. The molecule has 0 saturated carbocycles. The molecule has 0 radical (unpaired) electrons. The molecule has 76 valence electrons. The summed E-state index contributed by atoms with van der Waals surface area (Å²) >= 11 is 0. The Morgan fingerprint density at radius 2 is 1.93 bits per heavy atom. The molecule has 0 amide bonds. The van der Waals surface area contributed by atoms with Crippen LogP contribution in [0.2, 0.25) is 0 Å². The number of aliphatic carboxylic acids is 1. The molecular formula is C10H12ClNO2. The Kier molecular flexibility index (Phi) is 3.13. The van der Waals surface area contributed by atoms with Gasteiger partial charge >= 0.3 is 5.97 Å². The molecule has 2 atom stereocenters. The van der Waals surface area contributed by atoms with Crippen LogP contribution in [0.25, 0.3) is 0 Å². The first kappa shape index (κ1) is 11.0. The summed E-state index contributed by atoms with van der Waals surface area (Å²) in [5.74, 6) is -1.19. The number of benzene rings is 1. The highest BCUT2D eigenvalue weighted by Crippen LogP contribution is 2.38. The molecule has 2 unspecified atom stereocenters. The summed E-state index contributed by atoms with van der Waals surface area (Å²) in [4.78, 5) is 10.9. The van der Waals surface area contributed by atoms with E-state index in [9.17, 15) is 4.79 Å². The van der Waals surface area contributed by atoms with E-state index < -0.39 is 11.9 Å². The van der Waals surface area contributed by atoms with Crippen LogP contribution in [0.4, 0.5) is 0 Å². The Labute approximate surface area is 88.3 Å². The predicted molar refractivity (Wildman–Crippen MR) is 55.6 cm³/mol. The van der Waals surface area contributed by atoms with Crippen LogP contribution in [0.5, 0.6) is 0 Å². The van der Waals surface area contributed by atoms with E-state index >= 15 is 0 Å². The molecule has 1 aromatic rings. The van der Waals surface area contributed by atoms with Crippen molar-refractivity contribution in [2.45, 2.75) is 18.4 Å². The van der Waals surface area contributed by atoms with E-state index in [-0.39, 0.29) is 18.4 Å². The summed E-state index contributed by atoms with van der Waals surface area (Å²) in [7, 11) is 0. The van der Waals surface area contributed by atoms with Gasteiger partial charge in [0.25, 0.3) is 0 Å². The highest BCUT2D eigenvalue weighted by Gasteiger charge is 2.32. The van der Waals surface area contributed by atoms with Crippen molar-refractivity contribution in [1.29, 1.82) is 0 Å². The van der Waals surface area contributed by atoms with Gasteiger partial charge in [0.1, 0.15) is 0 Å². The molecule has 0 bridgehead atoms. The van der Waals surface area contributed by atoms with Crippen LogP contribution in [0, 0.1) is 0 Å². The lowest BCUT2D eigenvalue weighted by molar-refractivity contribution is -0.138. The number of carboxylic acids is 1. The minimum absolute atomic E-state index is 0. The van der Waals surface area contributed by atoms with Crippen LogP contribution in [0.3, 0.4) is 0 Å². The maximum Gasteiger partial charge on any atom is 0.311 e. The molecule has 4 heteroatoms. The molecule has 0 saturated heterocycles. The van der Waals surface area contributed by atoms with Gasteiger partial charge in [0.2, 0.25) is 0 Å². The molecule has 1 aliphatic carbocycles. The second-order valence-corrected chi connectivity index (χ2v) is 3.36. The summed E-state index contributed by atoms with van der Waals surface area (Å²) in [5, 5.41) is 8.92. The summed E-state index contributed by atoms with van der Waals surface area (Å²) in [5.41, 5.74) is 7.67. The molecule has 0 heterocycles. The Bertz CT molecular complexity index is 354. The van der Waals surface area contributed by atoms with Gasteiger partial charge in [0.05, 0.1) is 5.92 Å². The third-order valence-electron chi connectivity index (χ3n) is 2.56. The van der Waals surface area contributed by atoms with Gasteiger partial charge in [0, 0.05) is 6.04 Å². The summed E-state index contributed by atoms with van der Waals surface area (Å²) < 4.78 is 0. The van der Waals surface area contributed by atoms with E-state index in [1.807, 2.05) is 24.3 Å². The zero-order valence-corrected chi connectivity index (χ0v) is 8.33. The number of hydrogen-bond acceptors (Lipinski definition) is 2. The van der Waals surface area contributed by atoms with E-state index in [1.54, 1.807) is 0 Å². The zero-order chi connectivity index (χ0) is 9.42. The van der Waals surface area contributed by atoms with Gasteiger partial charge in [-0.15, -0.1) is 12.4 Å². The van der Waals surface area contributed by atoms with Crippen molar-refractivity contribution >= 4 is 18.4 Å². The average molecular weight is 214 g/mol. The highest BCUT2D eigenvalue weighted by atomic mass is 35.5. The van der Waals surface area contributed by atoms with Gasteiger partial charge in [-0.05, 0) is 17.5 Å². The zero-order valence-electron chi connectivity index (χ0n) is 7.51. The fourth-order valence-corrected chi connectivity index (χ4v) is 1.91. The quantitative estimate of drug-likeness (QED) is 0.746. The number of nitrogens with two attached hydrogens (primary N) is 1. The topological polar surface area (TPSA) is 63.3 Å². The summed E-state index contributed by atoms with van der Waals surface area (Å²) in [6, 6.07) is 7.39. The lowest BCUT2D eigenvalue weighted by Gasteiger charge is -2.03. The van der Waals surface area contributed by atoms with Gasteiger partial charge in [-0.1, -0.05) is 24.3 Å². The lowest BCUT2D eigenvalue weighted by atomic mass is 10.0. The van der Waals surface area contributed by atoms with E-state index in [0.717, 1.165) is 11.1 Å². The monoisotopic (exact) mass is 213 g/mol. The van der Waals surface area contributed by atoms with Crippen molar-refractivity contribution in [3.63, 3.8) is 0 Å². The number of fused-ring (bicyclic) bond motifs is 1. The second kappa shape index (κ2) is 3.98. The van der Waals surface area contributed by atoms with E-state index in [1.165, 1.54) is 0 Å². The molecule has 0 spiro atoms. The van der Waals surface area contributed by atoms with Crippen molar-refractivity contribution in [2.24, 2.45) is 5.73 Å². The molecule has 0 aliphatic heterocycles. The number of rotatable bonds is 1. The maximum atomic E-state index is 10.9. The number of hydrogen-bond donors (Lipinski definition) is 2. The van der Waals surface area contributed by atoms with Gasteiger partial charge in [-0.2, -0.15) is 0 Å². The Morgan fingerprint density at radius 3 is 2.50 bits per heavy atom. The Hall–Kier alpha value is -1.06. The Balaban J connectivity index is 0.000000980. The number of halogens is 1. The predicted octanol–water partition coefficient (Wildman–Crippen LogP) is 1.68. The van der Waals surface area contributed by atoms with Gasteiger partial charge in [0.15, 0.2) is 0 Å². The van der Waals surface area contributed by atoms with E-state index in [2.05, 4.69) is 0 Å². The fourth-order valence-electron chi connectivity index (χ4n) is 1.91. The molecule has 0 fully saturated rings. The standard InChI is InChI=1S/C10H11NO2.ClH/c11-9-5-8(10(12)13)6-3-1-2-4-7(6)9;/h1-4,8-9H,5,11H2,(H,12,13);1H. The Morgan fingerprint density at radius 1 is 1.36 bits per heavy atom. The normalized spacial score (nSPS) is 23.8. The molecule has 1 aliphatic rings. The van der Waals surface area contributed by atoms with Gasteiger partial charge in [-0.3, -0.25) is 4.79 Å². The first-order valence-electron chi connectivity index (χ1n) is 4.27. The van der Waals surface area contributed by atoms with Crippen molar-refractivity contribution in [3.8, 4) is 0 Å². The third-order valence-corrected chi connectivity index (χ3v) is 2.56. The van der Waals surface area contributed by atoms with E-state index in [4.69, 9.17) is 10.8 Å². The maximum absolute atomic E-state index is 10.9. The van der Waals surface area contributed by atoms with Crippen LogP contribution in [-0.2, 0) is 4.79 Å². The summed E-state index contributed by atoms with van der Waals surface area (Å²) in [6.45, 7) is 0. The number of carbonyl (C=O) groups is 1. The molecule has 14 heavy (non-hydrogen) atoms. The highest BCUT2D eigenvalue weighted by molar-refractivity contribution is 5.85. The summed E-state index contributed by atoms with van der Waals surface area (Å²) in [6.07, 6.45) is 0.523. The fraction of sp³-hybridized carbons (Fsp3) is 0.300. The molecular weight excluding hydrogens is 202 g/mol. The third kappa shape index (κ3) is 1.61. The molecule has 0 aromatic heterocycles. The molecule has 2 rings (SSSR count). The van der Waals surface area contributed by atoms with Crippen molar-refractivity contribution in [1.82, 2.24) is 0 Å². The van der Waals surface area contributed by atoms with Crippen molar-refractivity contribution in [3.05, 3.63) is 35.4 Å². The van der Waals surface area contributed by atoms with Crippen LogP contribution in [0.1, 0.15) is 29.5 Å². The van der Waals surface area contributed by atoms with Crippen LogP contribution >= 0.6 is 12.4 Å². The number of carboxylic acid groups (broad SMARTS) is 1. The second-order valence-electron chi connectivity index (χ2n) is 3.36. The first-order chi connectivity index (χ1) is 6.20. The lowest BCUT2D eigenvalue weighted by Crippen LogP contribution is -2.10. The van der Waals surface area contributed by atoms with Crippen LogP contribution in [-0.4, -0.2) is 11.1 Å². The van der Waals surface area contributed by atoms with Crippen LogP contribution in [0.15, 0.2) is 24.3 Å². The van der Waals surface area contributed by atoms with Gasteiger partial charge < -0.3 is 10.8 Å². The minimum atomic E-state index is -0.777. The van der Waals surface area contributed by atoms with Crippen LogP contribution < -0.4 is 5.73 Å². The molecule has 1 aromatic carbocycles. The average Bonchev–Trinajstić information content (AvgIpc) is 2.45. The first-order valence-corrected chi connectivity index (χ1v) is 4.27. The van der Waals surface area contributed by atoms with Gasteiger partial charge in [-0.25, -0.2) is 0 Å². The van der Waals surface area contributed by atoms with E-state index in [0.29, 0.717) is 6.42 Å².